The number of hydrogen-bond donors (Lipinski definition) is 0. The van der Waals surface area contributed by atoms with E-state index in [1.165, 1.54) is 30.0 Å². The molecule has 0 N–H and O–H groups in total. The minimum Gasteiger partial charge on any atom is -0.379 e. The predicted molar refractivity (Wildman–Crippen MR) is 146 cm³/mol. The number of halogens is 3. The number of piperazine rings is 1. The van der Waals surface area contributed by atoms with Gasteiger partial charge in [-0.05, 0) is 38.1 Å². The topological polar surface area (TPSA) is 67.7 Å². The van der Waals surface area contributed by atoms with Gasteiger partial charge >= 0.3 is 5.69 Å². The molecule has 0 radical (unpaired) electrons. The normalized spacial score (nSPS) is 21.5. The molecule has 0 bridgehead atoms. The third-order valence-electron chi connectivity index (χ3n) is 7.13. The van der Waals surface area contributed by atoms with Crippen LogP contribution in [-0.4, -0.2) is 64.5 Å². The lowest BCUT2D eigenvalue weighted by Gasteiger charge is -2.44. The van der Waals surface area contributed by atoms with Gasteiger partial charge in [-0.15, -0.1) is 11.8 Å². The van der Waals surface area contributed by atoms with Crippen molar-refractivity contribution in [3.63, 3.8) is 0 Å². The van der Waals surface area contributed by atoms with Crippen molar-refractivity contribution in [1.82, 2.24) is 14.5 Å². The highest BCUT2D eigenvalue weighted by Crippen LogP contribution is 2.46. The van der Waals surface area contributed by atoms with E-state index in [1.807, 2.05) is 18.7 Å². The fraction of sp³-hybridized carbons (Fsp3) is 0.370. The number of carbonyl (C=O) groups is 1. The SMILES string of the molecule is C=CC(=O)N1C(C)CN(c2nc(=O)n3c4c(c(-c5ccc(F)cc5F)c(Cl)cc24)SCC(OC)C3)CC1C. The molecule has 0 saturated carbocycles. The molecular weight excluding hydrogens is 534 g/mol. The van der Waals surface area contributed by atoms with Crippen molar-refractivity contribution < 1.29 is 18.3 Å². The summed E-state index contributed by atoms with van der Waals surface area (Å²) in [6, 6.07) is 4.74. The first-order valence-corrected chi connectivity index (χ1v) is 13.6. The highest BCUT2D eigenvalue weighted by atomic mass is 35.5. The van der Waals surface area contributed by atoms with Gasteiger partial charge in [0.15, 0.2) is 0 Å². The minimum absolute atomic E-state index is 0.146. The summed E-state index contributed by atoms with van der Waals surface area (Å²) in [5, 5.41) is 0.902. The first-order chi connectivity index (χ1) is 18.1. The van der Waals surface area contributed by atoms with Gasteiger partial charge in [0.05, 0.1) is 23.2 Å². The number of methoxy groups -OCH3 is 1. The Morgan fingerprint density at radius 3 is 2.55 bits per heavy atom. The molecule has 3 atom stereocenters. The minimum atomic E-state index is -0.746. The van der Waals surface area contributed by atoms with Crippen molar-refractivity contribution in [2.24, 2.45) is 0 Å². The van der Waals surface area contributed by atoms with E-state index < -0.39 is 17.3 Å². The average molecular weight is 561 g/mol. The molecule has 0 aliphatic carbocycles. The number of benzene rings is 2. The van der Waals surface area contributed by atoms with Gasteiger partial charge in [-0.1, -0.05) is 18.2 Å². The van der Waals surface area contributed by atoms with E-state index in [0.717, 1.165) is 6.07 Å². The number of thioether (sulfide) groups is 1. The highest BCUT2D eigenvalue weighted by Gasteiger charge is 2.35. The Kier molecular flexibility index (Phi) is 7.23. The Labute approximate surface area is 228 Å². The van der Waals surface area contributed by atoms with Crippen LogP contribution in [0.1, 0.15) is 13.8 Å². The summed E-state index contributed by atoms with van der Waals surface area (Å²) in [6.07, 6.45) is 1.01. The summed E-state index contributed by atoms with van der Waals surface area (Å²) in [6.45, 7) is 8.65. The Morgan fingerprint density at radius 2 is 1.92 bits per heavy atom. The summed E-state index contributed by atoms with van der Waals surface area (Å²) in [7, 11) is 1.57. The number of anilines is 1. The number of hydrogen-bond acceptors (Lipinski definition) is 6. The number of ether oxygens (including phenoxy) is 1. The van der Waals surface area contributed by atoms with Crippen molar-refractivity contribution >= 4 is 46.0 Å². The van der Waals surface area contributed by atoms with Gasteiger partial charge in [0, 0.05) is 65.5 Å². The first-order valence-electron chi connectivity index (χ1n) is 12.2. The van der Waals surface area contributed by atoms with E-state index in [2.05, 4.69) is 11.6 Å². The van der Waals surface area contributed by atoms with E-state index in [0.29, 0.717) is 46.0 Å². The summed E-state index contributed by atoms with van der Waals surface area (Å²) < 4.78 is 35.9. The zero-order chi connectivity index (χ0) is 27.3. The zero-order valence-electron chi connectivity index (χ0n) is 21.2. The van der Waals surface area contributed by atoms with Crippen molar-refractivity contribution in [2.75, 3.05) is 30.9 Å². The molecule has 3 unspecified atom stereocenters. The van der Waals surface area contributed by atoms with Crippen molar-refractivity contribution in [3.8, 4) is 11.1 Å². The maximum Gasteiger partial charge on any atom is 0.350 e. The lowest BCUT2D eigenvalue weighted by atomic mass is 10.0. The van der Waals surface area contributed by atoms with E-state index in [4.69, 9.17) is 16.3 Å². The largest absolute Gasteiger partial charge is 0.379 e. The summed E-state index contributed by atoms with van der Waals surface area (Å²) in [4.78, 5) is 34.8. The number of nitrogens with zero attached hydrogens (tertiary/aromatic N) is 4. The van der Waals surface area contributed by atoms with Gasteiger partial charge in [-0.25, -0.2) is 13.6 Å². The molecule has 0 spiro atoms. The van der Waals surface area contributed by atoms with Crippen LogP contribution in [0.25, 0.3) is 22.0 Å². The van der Waals surface area contributed by atoms with E-state index in [-0.39, 0.29) is 41.2 Å². The number of aromatic nitrogens is 2. The fourth-order valence-electron chi connectivity index (χ4n) is 5.47. The summed E-state index contributed by atoms with van der Waals surface area (Å²) >= 11 is 8.24. The Bertz CT molecular complexity index is 1500. The molecule has 1 saturated heterocycles. The van der Waals surface area contributed by atoms with Crippen molar-refractivity contribution in [3.05, 3.63) is 64.1 Å². The third-order valence-corrected chi connectivity index (χ3v) is 8.65. The molecule has 5 rings (SSSR count). The smallest absolute Gasteiger partial charge is 0.350 e. The maximum atomic E-state index is 15.0. The average Bonchev–Trinajstić information content (AvgIpc) is 3.07. The molecule has 2 aromatic carbocycles. The standard InChI is InChI=1S/C27H27ClF2N4O3S/c1-5-22(35)34-14(2)10-32(11-15(34)3)26-19-9-20(28)23(18-7-6-16(29)8-21(18)30)25-24(19)33(27(36)31-26)12-17(37-4)13-38-25/h5-9,14-15,17H,1,10-13H2,2-4H3. The van der Waals surface area contributed by atoms with Gasteiger partial charge in [0.25, 0.3) is 0 Å². The molecule has 38 heavy (non-hydrogen) atoms. The van der Waals surface area contributed by atoms with Crippen LogP contribution in [0.3, 0.4) is 0 Å². The molecule has 1 aromatic heterocycles. The quantitative estimate of drug-likeness (QED) is 0.430. The van der Waals surface area contributed by atoms with Gasteiger partial charge in [0.2, 0.25) is 5.91 Å². The van der Waals surface area contributed by atoms with Crippen LogP contribution in [0.15, 0.2) is 46.6 Å². The van der Waals surface area contributed by atoms with Crippen LogP contribution in [0.4, 0.5) is 14.6 Å². The van der Waals surface area contributed by atoms with Gasteiger partial charge in [-0.2, -0.15) is 4.98 Å². The third kappa shape index (κ3) is 4.48. The molecule has 3 heterocycles. The molecule has 200 valence electrons. The molecule has 3 aromatic rings. The van der Waals surface area contributed by atoms with Crippen LogP contribution in [0.5, 0.6) is 0 Å². The fourth-order valence-corrected chi connectivity index (χ4v) is 7.14. The zero-order valence-corrected chi connectivity index (χ0v) is 22.8. The second-order valence-corrected chi connectivity index (χ2v) is 11.1. The lowest BCUT2D eigenvalue weighted by Crippen LogP contribution is -2.58. The monoisotopic (exact) mass is 560 g/mol. The number of rotatable bonds is 4. The molecule has 1 amide bonds. The Hall–Kier alpha value is -2.95. The molecular formula is C27H27ClF2N4O3S. The van der Waals surface area contributed by atoms with E-state index in [9.17, 15) is 14.0 Å². The Morgan fingerprint density at radius 1 is 1.21 bits per heavy atom. The molecule has 11 heteroatoms. The van der Waals surface area contributed by atoms with Crippen LogP contribution in [-0.2, 0) is 16.1 Å². The second kappa shape index (κ2) is 10.3. The van der Waals surface area contributed by atoms with E-state index >= 15 is 4.39 Å². The highest BCUT2D eigenvalue weighted by molar-refractivity contribution is 7.99. The number of carbonyl (C=O) groups excluding carboxylic acids is 1. The maximum absolute atomic E-state index is 15.0. The first kappa shape index (κ1) is 26.6. The Balaban J connectivity index is 1.75. The molecule has 7 nitrogen and oxygen atoms in total. The van der Waals surface area contributed by atoms with Crippen molar-refractivity contribution in [1.29, 1.82) is 0 Å². The van der Waals surface area contributed by atoms with Gasteiger partial charge < -0.3 is 14.5 Å². The molecule has 2 aliphatic heterocycles. The van der Waals surface area contributed by atoms with Crippen LogP contribution >= 0.6 is 23.4 Å². The number of amides is 1. The molecule has 2 aliphatic rings. The summed E-state index contributed by atoms with van der Waals surface area (Å²) in [5.74, 6) is -0.640. The second-order valence-electron chi connectivity index (χ2n) is 9.63. The predicted octanol–water partition coefficient (Wildman–Crippen LogP) is 4.73. The van der Waals surface area contributed by atoms with Crippen LogP contribution in [0, 0.1) is 11.6 Å². The summed E-state index contributed by atoms with van der Waals surface area (Å²) in [5.41, 5.74) is 0.660. The van der Waals surface area contributed by atoms with Gasteiger partial charge in [0.1, 0.15) is 17.5 Å². The lowest BCUT2D eigenvalue weighted by molar-refractivity contribution is -0.130. The molecule has 1 fully saturated rings. The van der Waals surface area contributed by atoms with Crippen molar-refractivity contribution in [2.45, 2.75) is 43.5 Å². The van der Waals surface area contributed by atoms with Crippen LogP contribution in [0.2, 0.25) is 5.02 Å². The van der Waals surface area contributed by atoms with Crippen LogP contribution < -0.4 is 10.6 Å². The van der Waals surface area contributed by atoms with E-state index in [1.54, 1.807) is 22.6 Å². The van der Waals surface area contributed by atoms with Gasteiger partial charge in [-0.3, -0.25) is 9.36 Å².